The largest absolute Gasteiger partial charge is 0.312 e. The Morgan fingerprint density at radius 1 is 1.53 bits per heavy atom. The maximum absolute atomic E-state index is 11.8. The number of non-ortho nitro benzene ring substituents is 1. The molecule has 6 heteroatoms. The third-order valence-corrected chi connectivity index (χ3v) is 3.32. The summed E-state index contributed by atoms with van der Waals surface area (Å²) in [6.07, 6.45) is 1.21. The molecule has 0 saturated carbocycles. The summed E-state index contributed by atoms with van der Waals surface area (Å²) in [5.41, 5.74) is 1.80. The van der Waals surface area contributed by atoms with Crippen LogP contribution in [0.2, 0.25) is 0 Å². The van der Waals surface area contributed by atoms with Crippen molar-refractivity contribution in [2.24, 2.45) is 0 Å². The number of hydrogen-bond donors (Lipinski definition) is 0. The average Bonchev–Trinajstić information content (AvgIpc) is 2.71. The molecule has 0 saturated heterocycles. The summed E-state index contributed by atoms with van der Waals surface area (Å²) >= 11 is 2.17. The summed E-state index contributed by atoms with van der Waals surface area (Å²) in [6, 6.07) is 4.69. The number of anilines is 1. The zero-order valence-electron chi connectivity index (χ0n) is 9.06. The van der Waals surface area contributed by atoms with Gasteiger partial charge in [-0.3, -0.25) is 14.9 Å². The fourth-order valence-electron chi connectivity index (χ4n) is 1.98. The van der Waals surface area contributed by atoms with E-state index in [-0.39, 0.29) is 11.6 Å². The van der Waals surface area contributed by atoms with Gasteiger partial charge < -0.3 is 4.90 Å². The van der Waals surface area contributed by atoms with Gasteiger partial charge in [0.25, 0.3) is 5.69 Å². The molecule has 2 rings (SSSR count). The monoisotopic (exact) mass is 346 g/mol. The lowest BCUT2D eigenvalue weighted by molar-refractivity contribution is -0.384. The van der Waals surface area contributed by atoms with Gasteiger partial charge in [-0.05, 0) is 18.1 Å². The number of carbonyl (C=O) groups excluding carboxylic acids is 1. The summed E-state index contributed by atoms with van der Waals surface area (Å²) in [5.74, 6) is 0.0898. The Labute approximate surface area is 112 Å². The molecule has 5 nitrogen and oxygen atoms in total. The van der Waals surface area contributed by atoms with E-state index in [4.69, 9.17) is 0 Å². The molecule has 0 unspecified atom stereocenters. The van der Waals surface area contributed by atoms with Crippen molar-refractivity contribution < 1.29 is 9.72 Å². The molecular formula is C11H11IN2O3. The molecule has 1 heterocycles. The van der Waals surface area contributed by atoms with Crippen molar-refractivity contribution in [1.29, 1.82) is 0 Å². The number of rotatable bonds is 3. The summed E-state index contributed by atoms with van der Waals surface area (Å²) in [4.78, 5) is 23.8. The molecule has 1 aromatic carbocycles. The highest BCUT2D eigenvalue weighted by molar-refractivity contribution is 14.1. The van der Waals surface area contributed by atoms with E-state index < -0.39 is 4.92 Å². The first-order valence-corrected chi connectivity index (χ1v) is 6.79. The SMILES string of the molecule is O=C(CCI)N1CCc2cc([N+](=O)[O-])ccc21. The molecule has 1 aromatic rings. The Hall–Kier alpha value is -1.18. The van der Waals surface area contributed by atoms with Crippen molar-refractivity contribution in [2.45, 2.75) is 12.8 Å². The predicted octanol–water partition coefficient (Wildman–Crippen LogP) is 2.31. The maximum atomic E-state index is 11.8. The standard InChI is InChI=1S/C11H11IN2O3/c12-5-3-11(15)13-6-4-8-7-9(14(16)17)1-2-10(8)13/h1-2,7H,3-6H2. The molecule has 1 aliphatic heterocycles. The number of fused-ring (bicyclic) bond motifs is 1. The topological polar surface area (TPSA) is 63.5 Å². The molecule has 0 radical (unpaired) electrons. The molecule has 0 spiro atoms. The number of carbonyl (C=O) groups is 1. The quantitative estimate of drug-likeness (QED) is 0.365. The third-order valence-electron chi connectivity index (χ3n) is 2.78. The zero-order valence-corrected chi connectivity index (χ0v) is 11.2. The number of amides is 1. The van der Waals surface area contributed by atoms with Gasteiger partial charge in [0.15, 0.2) is 0 Å². The fraction of sp³-hybridized carbons (Fsp3) is 0.364. The Bertz CT molecular complexity index is 476. The number of nitro groups is 1. The van der Waals surface area contributed by atoms with Crippen LogP contribution in [0.3, 0.4) is 0 Å². The van der Waals surface area contributed by atoms with E-state index in [1.165, 1.54) is 6.07 Å². The Balaban J connectivity index is 2.27. The lowest BCUT2D eigenvalue weighted by Gasteiger charge is -2.16. The summed E-state index contributed by atoms with van der Waals surface area (Å²) in [6.45, 7) is 0.631. The van der Waals surface area contributed by atoms with E-state index in [0.717, 1.165) is 15.7 Å². The number of nitro benzene ring substituents is 1. The van der Waals surface area contributed by atoms with Gasteiger partial charge >= 0.3 is 0 Å². The number of halogens is 1. The van der Waals surface area contributed by atoms with E-state index in [0.29, 0.717) is 19.4 Å². The molecule has 17 heavy (non-hydrogen) atoms. The third kappa shape index (κ3) is 2.41. The van der Waals surface area contributed by atoms with Gasteiger partial charge in [0.05, 0.1) is 4.92 Å². The molecule has 0 atom stereocenters. The second-order valence-electron chi connectivity index (χ2n) is 3.80. The molecule has 0 fully saturated rings. The van der Waals surface area contributed by atoms with Crippen LogP contribution in [-0.2, 0) is 11.2 Å². The van der Waals surface area contributed by atoms with Crippen molar-refractivity contribution >= 4 is 39.9 Å². The van der Waals surface area contributed by atoms with Gasteiger partial charge in [0, 0.05) is 35.2 Å². The second-order valence-corrected chi connectivity index (χ2v) is 4.88. The summed E-state index contributed by atoms with van der Waals surface area (Å²) in [7, 11) is 0. The van der Waals surface area contributed by atoms with E-state index in [1.54, 1.807) is 17.0 Å². The lowest BCUT2D eigenvalue weighted by Crippen LogP contribution is -2.28. The van der Waals surface area contributed by atoms with Gasteiger partial charge in [-0.1, -0.05) is 22.6 Å². The number of hydrogen-bond acceptors (Lipinski definition) is 3. The van der Waals surface area contributed by atoms with Crippen LogP contribution in [0.15, 0.2) is 18.2 Å². The highest BCUT2D eigenvalue weighted by atomic mass is 127. The Morgan fingerprint density at radius 3 is 2.94 bits per heavy atom. The van der Waals surface area contributed by atoms with E-state index in [9.17, 15) is 14.9 Å². The highest BCUT2D eigenvalue weighted by Crippen LogP contribution is 2.31. The normalized spacial score (nSPS) is 13.6. The fourth-order valence-corrected chi connectivity index (χ4v) is 2.44. The van der Waals surface area contributed by atoms with E-state index in [2.05, 4.69) is 22.6 Å². The second kappa shape index (κ2) is 4.99. The first kappa shape index (κ1) is 12.3. The minimum atomic E-state index is -0.407. The van der Waals surface area contributed by atoms with Crippen LogP contribution in [0.5, 0.6) is 0 Å². The number of alkyl halides is 1. The van der Waals surface area contributed by atoms with Crippen LogP contribution in [-0.4, -0.2) is 21.8 Å². The van der Waals surface area contributed by atoms with E-state index in [1.807, 2.05) is 0 Å². The molecule has 0 aromatic heterocycles. The molecule has 0 N–H and O–H groups in total. The van der Waals surface area contributed by atoms with Gasteiger partial charge in [-0.25, -0.2) is 0 Å². The van der Waals surface area contributed by atoms with Crippen LogP contribution in [0.4, 0.5) is 11.4 Å². The predicted molar refractivity (Wildman–Crippen MR) is 72.7 cm³/mol. The first-order valence-electron chi connectivity index (χ1n) is 5.27. The molecule has 0 bridgehead atoms. The molecular weight excluding hydrogens is 335 g/mol. The van der Waals surface area contributed by atoms with Crippen LogP contribution in [0.1, 0.15) is 12.0 Å². The van der Waals surface area contributed by atoms with Crippen LogP contribution < -0.4 is 4.90 Å². The number of nitrogens with zero attached hydrogens (tertiary/aromatic N) is 2. The highest BCUT2D eigenvalue weighted by Gasteiger charge is 2.25. The van der Waals surface area contributed by atoms with Crippen molar-refractivity contribution in [3.8, 4) is 0 Å². The maximum Gasteiger partial charge on any atom is 0.269 e. The molecule has 0 aliphatic carbocycles. The van der Waals surface area contributed by atoms with Gasteiger partial charge in [0.2, 0.25) is 5.91 Å². The minimum Gasteiger partial charge on any atom is -0.312 e. The lowest BCUT2D eigenvalue weighted by atomic mass is 10.1. The Morgan fingerprint density at radius 2 is 2.29 bits per heavy atom. The first-order chi connectivity index (χ1) is 8.13. The minimum absolute atomic E-state index is 0.0898. The summed E-state index contributed by atoms with van der Waals surface area (Å²) in [5, 5.41) is 10.6. The van der Waals surface area contributed by atoms with Gasteiger partial charge in [0.1, 0.15) is 0 Å². The molecule has 1 aliphatic rings. The zero-order chi connectivity index (χ0) is 12.4. The van der Waals surface area contributed by atoms with Crippen LogP contribution in [0.25, 0.3) is 0 Å². The van der Waals surface area contributed by atoms with Crippen LogP contribution >= 0.6 is 22.6 Å². The van der Waals surface area contributed by atoms with Crippen molar-refractivity contribution in [2.75, 3.05) is 15.9 Å². The van der Waals surface area contributed by atoms with Gasteiger partial charge in [-0.15, -0.1) is 0 Å². The average molecular weight is 346 g/mol. The van der Waals surface area contributed by atoms with Crippen molar-refractivity contribution in [3.05, 3.63) is 33.9 Å². The van der Waals surface area contributed by atoms with E-state index >= 15 is 0 Å². The smallest absolute Gasteiger partial charge is 0.269 e. The number of benzene rings is 1. The van der Waals surface area contributed by atoms with Crippen molar-refractivity contribution in [3.63, 3.8) is 0 Å². The van der Waals surface area contributed by atoms with Gasteiger partial charge in [-0.2, -0.15) is 0 Å². The molecule has 90 valence electrons. The molecule has 1 amide bonds. The van der Waals surface area contributed by atoms with Crippen molar-refractivity contribution in [1.82, 2.24) is 0 Å². The summed E-state index contributed by atoms with van der Waals surface area (Å²) < 4.78 is 0.787. The Kier molecular flexibility index (Phi) is 3.60. The van der Waals surface area contributed by atoms with Crippen LogP contribution in [0, 0.1) is 10.1 Å².